The molecular formula is C22H19NO4. The maximum atomic E-state index is 10.7. The van der Waals surface area contributed by atoms with E-state index in [-0.39, 0.29) is 17.8 Å². The quantitative estimate of drug-likeness (QED) is 0.374. The van der Waals surface area contributed by atoms with Crippen molar-refractivity contribution in [3.05, 3.63) is 94.4 Å². The maximum Gasteiger partial charge on any atom is 0.119 e. The summed E-state index contributed by atoms with van der Waals surface area (Å²) in [5, 5.41) is 12.6. The van der Waals surface area contributed by atoms with Gasteiger partial charge in [-0.3, -0.25) is 0 Å². The molecule has 3 aromatic rings. The molecule has 5 heteroatoms. The van der Waals surface area contributed by atoms with Crippen LogP contribution in [0.15, 0.2) is 78.0 Å². The fourth-order valence-electron chi connectivity index (χ4n) is 3.08. The lowest BCUT2D eigenvalue weighted by molar-refractivity contribution is 0.263. The van der Waals surface area contributed by atoms with Crippen LogP contribution >= 0.6 is 0 Å². The minimum atomic E-state index is -0.0351. The summed E-state index contributed by atoms with van der Waals surface area (Å²) in [6.07, 6.45) is 0.222. The van der Waals surface area contributed by atoms with Crippen molar-refractivity contribution >= 4 is 5.69 Å². The van der Waals surface area contributed by atoms with Gasteiger partial charge in [0.2, 0.25) is 0 Å². The number of hydrogen-bond donors (Lipinski definition) is 1. The Bertz CT molecular complexity index is 901. The molecule has 1 aliphatic heterocycles. The van der Waals surface area contributed by atoms with Crippen LogP contribution in [0.4, 0.5) is 5.69 Å². The number of aromatic hydroxyl groups is 1. The standard InChI is InChI=1S/C22H19NO4/c24-19-9-3-16(4-10-19)22(15-1-7-18(23-25)8-2-15)17-5-11-20(12-6-17)26-13-21-14-27-21/h1-12,21-22,24H,13-14H2. The topological polar surface area (TPSA) is 71.4 Å². The molecule has 5 nitrogen and oxygen atoms in total. The molecule has 1 N–H and O–H groups in total. The fraction of sp³-hybridized carbons (Fsp3) is 0.182. The first-order valence-corrected chi connectivity index (χ1v) is 8.79. The van der Waals surface area contributed by atoms with Gasteiger partial charge >= 0.3 is 0 Å². The molecule has 0 amide bonds. The highest BCUT2D eigenvalue weighted by Crippen LogP contribution is 2.34. The average Bonchev–Trinajstić information content (AvgIpc) is 3.54. The minimum Gasteiger partial charge on any atom is -0.508 e. The lowest BCUT2D eigenvalue weighted by Gasteiger charge is -2.19. The third-order valence-corrected chi connectivity index (χ3v) is 4.61. The van der Waals surface area contributed by atoms with Crippen LogP contribution in [0.1, 0.15) is 22.6 Å². The van der Waals surface area contributed by atoms with Gasteiger partial charge in [-0.1, -0.05) is 36.4 Å². The monoisotopic (exact) mass is 361 g/mol. The van der Waals surface area contributed by atoms with Crippen LogP contribution in [0, 0.1) is 4.91 Å². The van der Waals surface area contributed by atoms with Gasteiger partial charge in [0.1, 0.15) is 29.9 Å². The summed E-state index contributed by atoms with van der Waals surface area (Å²) in [5.74, 6) is 0.996. The molecule has 0 spiro atoms. The highest BCUT2D eigenvalue weighted by atomic mass is 16.6. The highest BCUT2D eigenvalue weighted by molar-refractivity contribution is 5.48. The molecule has 0 aromatic heterocycles. The molecule has 2 unspecified atom stereocenters. The SMILES string of the molecule is O=Nc1ccc(C(c2ccc(O)cc2)c2ccc(OCC3CO3)cc2)cc1. The fourth-order valence-corrected chi connectivity index (χ4v) is 3.08. The Morgan fingerprint density at radius 3 is 1.96 bits per heavy atom. The number of phenols is 1. The lowest BCUT2D eigenvalue weighted by Crippen LogP contribution is -2.05. The first-order valence-electron chi connectivity index (χ1n) is 8.79. The Morgan fingerprint density at radius 1 is 0.926 bits per heavy atom. The van der Waals surface area contributed by atoms with Gasteiger partial charge in [-0.15, -0.1) is 4.91 Å². The second kappa shape index (κ2) is 7.60. The van der Waals surface area contributed by atoms with E-state index in [2.05, 4.69) is 5.18 Å². The first-order chi connectivity index (χ1) is 13.2. The minimum absolute atomic E-state index is 0.0351. The van der Waals surface area contributed by atoms with Crippen molar-refractivity contribution in [2.45, 2.75) is 12.0 Å². The number of nitrogens with zero attached hydrogens (tertiary/aromatic N) is 1. The molecule has 0 bridgehead atoms. The predicted octanol–water partition coefficient (Wildman–Crippen LogP) is 4.75. The largest absolute Gasteiger partial charge is 0.508 e. The van der Waals surface area contributed by atoms with E-state index in [1.54, 1.807) is 24.3 Å². The second-order valence-corrected chi connectivity index (χ2v) is 6.54. The molecular weight excluding hydrogens is 342 g/mol. The van der Waals surface area contributed by atoms with Crippen molar-refractivity contribution in [1.29, 1.82) is 0 Å². The van der Waals surface area contributed by atoms with Gasteiger partial charge < -0.3 is 14.6 Å². The van der Waals surface area contributed by atoms with Gasteiger partial charge in [-0.05, 0) is 58.3 Å². The van der Waals surface area contributed by atoms with Crippen molar-refractivity contribution in [1.82, 2.24) is 0 Å². The number of hydrogen-bond acceptors (Lipinski definition) is 5. The lowest BCUT2D eigenvalue weighted by atomic mass is 9.85. The number of benzene rings is 3. The van der Waals surface area contributed by atoms with E-state index >= 15 is 0 Å². The summed E-state index contributed by atoms with van der Waals surface area (Å²) >= 11 is 0. The van der Waals surface area contributed by atoms with Crippen molar-refractivity contribution in [3.8, 4) is 11.5 Å². The van der Waals surface area contributed by atoms with Crippen LogP contribution in [0.5, 0.6) is 11.5 Å². The summed E-state index contributed by atoms with van der Waals surface area (Å²) in [7, 11) is 0. The van der Waals surface area contributed by atoms with E-state index in [1.165, 1.54) is 0 Å². The summed E-state index contributed by atoms with van der Waals surface area (Å²) in [6.45, 7) is 1.34. The molecule has 136 valence electrons. The van der Waals surface area contributed by atoms with E-state index in [0.29, 0.717) is 12.3 Å². The molecule has 0 radical (unpaired) electrons. The van der Waals surface area contributed by atoms with Gasteiger partial charge in [0, 0.05) is 5.92 Å². The molecule has 1 fully saturated rings. The number of ether oxygens (including phenoxy) is 2. The van der Waals surface area contributed by atoms with Crippen LogP contribution in [0.25, 0.3) is 0 Å². The highest BCUT2D eigenvalue weighted by Gasteiger charge is 2.23. The molecule has 3 aromatic carbocycles. The van der Waals surface area contributed by atoms with Gasteiger partial charge in [0.15, 0.2) is 0 Å². The molecule has 4 rings (SSSR count). The van der Waals surface area contributed by atoms with E-state index in [0.717, 1.165) is 29.0 Å². The van der Waals surface area contributed by atoms with E-state index in [1.807, 2.05) is 48.5 Å². The zero-order chi connectivity index (χ0) is 18.6. The Morgan fingerprint density at radius 2 is 1.44 bits per heavy atom. The van der Waals surface area contributed by atoms with Gasteiger partial charge in [0.25, 0.3) is 0 Å². The number of phenolic OH excluding ortho intramolecular Hbond substituents is 1. The maximum absolute atomic E-state index is 10.7. The Labute approximate surface area is 157 Å². The van der Waals surface area contributed by atoms with Crippen LogP contribution < -0.4 is 4.74 Å². The second-order valence-electron chi connectivity index (χ2n) is 6.54. The molecule has 1 aliphatic rings. The predicted molar refractivity (Wildman–Crippen MR) is 103 cm³/mol. The van der Waals surface area contributed by atoms with E-state index in [9.17, 15) is 10.0 Å². The molecule has 0 aliphatic carbocycles. The normalized spacial score (nSPS) is 16.5. The van der Waals surface area contributed by atoms with Crippen molar-refractivity contribution in [3.63, 3.8) is 0 Å². The molecule has 1 saturated heterocycles. The van der Waals surface area contributed by atoms with Crippen LogP contribution in [0.3, 0.4) is 0 Å². The van der Waals surface area contributed by atoms with E-state index < -0.39 is 0 Å². The average molecular weight is 361 g/mol. The zero-order valence-corrected chi connectivity index (χ0v) is 14.6. The number of epoxide rings is 1. The van der Waals surface area contributed by atoms with Crippen molar-refractivity contribution in [2.24, 2.45) is 5.18 Å². The molecule has 0 saturated carbocycles. The molecule has 27 heavy (non-hydrogen) atoms. The Hall–Kier alpha value is -3.18. The molecule has 1 heterocycles. The smallest absolute Gasteiger partial charge is 0.119 e. The Kier molecular flexibility index (Phi) is 4.85. The first kappa shape index (κ1) is 17.2. The van der Waals surface area contributed by atoms with Crippen LogP contribution in [-0.2, 0) is 4.74 Å². The Balaban J connectivity index is 1.65. The van der Waals surface area contributed by atoms with Crippen molar-refractivity contribution < 1.29 is 14.6 Å². The zero-order valence-electron chi connectivity index (χ0n) is 14.6. The summed E-state index contributed by atoms with van der Waals surface area (Å²) in [5.41, 5.74) is 3.56. The summed E-state index contributed by atoms with van der Waals surface area (Å²) in [6, 6.07) is 22.4. The van der Waals surface area contributed by atoms with Crippen LogP contribution in [-0.4, -0.2) is 24.4 Å². The van der Waals surface area contributed by atoms with Gasteiger partial charge in [-0.25, -0.2) is 0 Å². The van der Waals surface area contributed by atoms with E-state index in [4.69, 9.17) is 9.47 Å². The number of nitroso groups, excluding NO2 is 1. The van der Waals surface area contributed by atoms with Crippen molar-refractivity contribution in [2.75, 3.05) is 13.2 Å². The molecule has 2 atom stereocenters. The number of rotatable bonds is 7. The van der Waals surface area contributed by atoms with Crippen LogP contribution in [0.2, 0.25) is 0 Å². The van der Waals surface area contributed by atoms with Gasteiger partial charge in [0.05, 0.1) is 6.61 Å². The third kappa shape index (κ3) is 4.15. The summed E-state index contributed by atoms with van der Waals surface area (Å²) in [4.78, 5) is 10.7. The van der Waals surface area contributed by atoms with Gasteiger partial charge in [-0.2, -0.15) is 0 Å². The third-order valence-electron chi connectivity index (χ3n) is 4.61. The summed E-state index contributed by atoms with van der Waals surface area (Å²) < 4.78 is 10.9.